The third-order valence-corrected chi connectivity index (χ3v) is 6.25. The van der Waals surface area contributed by atoms with Crippen LogP contribution in [0.5, 0.6) is 5.75 Å². The van der Waals surface area contributed by atoms with E-state index in [1.165, 1.54) is 38.7 Å². The van der Waals surface area contributed by atoms with Crippen molar-refractivity contribution in [1.29, 1.82) is 0 Å². The predicted molar refractivity (Wildman–Crippen MR) is 121 cm³/mol. The van der Waals surface area contributed by atoms with Crippen molar-refractivity contribution in [3.63, 3.8) is 0 Å². The third-order valence-electron chi connectivity index (χ3n) is 5.05. The first-order chi connectivity index (χ1) is 13.5. The van der Waals surface area contributed by atoms with Crippen molar-refractivity contribution < 1.29 is 5.11 Å². The number of aromatic hydroxyl groups is 1. The van der Waals surface area contributed by atoms with E-state index in [0.717, 1.165) is 19.1 Å². The Balaban J connectivity index is 2.00. The summed E-state index contributed by atoms with van der Waals surface area (Å²) in [6.07, 6.45) is 0. The fraction of sp³-hybridized carbons (Fsp3) is 0.115. The lowest BCUT2D eigenvalue weighted by molar-refractivity contribution is 0.477. The molecule has 0 bridgehead atoms. The normalized spacial score (nSPS) is 11.1. The molecule has 0 amide bonds. The highest BCUT2D eigenvalue weighted by molar-refractivity contribution is 7.37. The molecule has 0 radical (unpaired) electrons. The van der Waals surface area contributed by atoms with Crippen molar-refractivity contribution in [1.82, 2.24) is 0 Å². The van der Waals surface area contributed by atoms with Crippen LogP contribution in [0.3, 0.4) is 0 Å². The third kappa shape index (κ3) is 3.59. The summed E-state index contributed by atoms with van der Waals surface area (Å²) < 4.78 is 0. The van der Waals surface area contributed by atoms with Crippen molar-refractivity contribution >= 4 is 8.19 Å². The Labute approximate surface area is 168 Å². The predicted octanol–water partition coefficient (Wildman–Crippen LogP) is 7.90. The zero-order valence-corrected chi connectivity index (χ0v) is 17.3. The van der Waals surface area contributed by atoms with Gasteiger partial charge in [0, 0.05) is 16.2 Å². The summed E-state index contributed by atoms with van der Waals surface area (Å²) in [4.78, 5) is 0. The lowest BCUT2D eigenvalue weighted by Gasteiger charge is -2.15. The largest absolute Gasteiger partial charge is 0.507 e. The summed E-state index contributed by atoms with van der Waals surface area (Å²) in [6.45, 7) is 6.52. The minimum absolute atomic E-state index is 0.326. The first-order valence-corrected chi connectivity index (χ1v) is 10.4. The molecule has 138 valence electrons. The van der Waals surface area contributed by atoms with Crippen LogP contribution >= 0.6 is 8.19 Å². The molecule has 0 atom stereocenters. The molecule has 2 heteroatoms. The molecule has 1 N–H and O–H groups in total. The average Bonchev–Trinajstić information content (AvgIpc) is 2.68. The van der Waals surface area contributed by atoms with E-state index in [1.54, 1.807) is 6.07 Å². The van der Waals surface area contributed by atoms with Gasteiger partial charge in [-0.3, -0.25) is 0 Å². The average molecular weight is 382 g/mol. The van der Waals surface area contributed by atoms with Gasteiger partial charge in [0.1, 0.15) is 5.75 Å². The summed E-state index contributed by atoms with van der Waals surface area (Å²) in [6, 6.07) is 27.0. The summed E-state index contributed by atoms with van der Waals surface area (Å²) in [5.74, 6) is 0.326. The van der Waals surface area contributed by atoms with Gasteiger partial charge in [-0.1, -0.05) is 74.4 Å². The van der Waals surface area contributed by atoms with Gasteiger partial charge in [0.2, 0.25) is 0 Å². The molecule has 28 heavy (non-hydrogen) atoms. The Bertz CT molecular complexity index is 1120. The van der Waals surface area contributed by atoms with Gasteiger partial charge in [-0.25, -0.2) is 0 Å². The Morgan fingerprint density at radius 1 is 0.643 bits per heavy atom. The summed E-state index contributed by atoms with van der Waals surface area (Å²) in [7, 11) is 1.11. The number of benzene rings is 3. The molecular weight excluding hydrogens is 359 g/mol. The molecule has 3 aromatic carbocycles. The quantitative estimate of drug-likeness (QED) is 0.382. The van der Waals surface area contributed by atoms with E-state index in [4.69, 9.17) is 0 Å². The number of phenolic OH excluding ortho intramolecular Hbond substituents is 1. The van der Waals surface area contributed by atoms with Crippen LogP contribution in [0, 0.1) is 20.8 Å². The van der Waals surface area contributed by atoms with Crippen LogP contribution < -0.4 is 0 Å². The van der Waals surface area contributed by atoms with Crippen LogP contribution in [-0.2, 0) is 0 Å². The lowest BCUT2D eigenvalue weighted by atomic mass is 9.97. The molecule has 1 aromatic heterocycles. The smallest absolute Gasteiger partial charge is 0.123 e. The second kappa shape index (κ2) is 7.62. The number of phenols is 1. The first kappa shape index (κ1) is 18.5. The van der Waals surface area contributed by atoms with Crippen LogP contribution in [0.15, 0.2) is 78.9 Å². The van der Waals surface area contributed by atoms with Gasteiger partial charge in [-0.15, -0.1) is 0 Å². The summed E-state index contributed by atoms with van der Waals surface area (Å²) in [5.41, 5.74) is 8.43. The van der Waals surface area contributed by atoms with Gasteiger partial charge in [0.05, 0.1) is 0 Å². The molecule has 0 saturated carbocycles. The van der Waals surface area contributed by atoms with Crippen LogP contribution in [-0.4, -0.2) is 5.11 Å². The van der Waals surface area contributed by atoms with Crippen LogP contribution in [0.2, 0.25) is 0 Å². The Morgan fingerprint density at radius 3 is 1.93 bits per heavy atom. The molecule has 1 heterocycles. The molecule has 0 spiro atoms. The topological polar surface area (TPSA) is 20.2 Å². The Hall–Kier alpha value is -2.89. The van der Waals surface area contributed by atoms with Crippen molar-refractivity contribution in [2.45, 2.75) is 20.8 Å². The maximum atomic E-state index is 10.4. The zero-order chi connectivity index (χ0) is 19.7. The number of hydrogen-bond donors (Lipinski definition) is 1. The first-order valence-electron chi connectivity index (χ1n) is 9.47. The van der Waals surface area contributed by atoms with Crippen molar-refractivity contribution in [2.24, 2.45) is 0 Å². The molecule has 4 rings (SSSR count). The Kier molecular flexibility index (Phi) is 5.03. The number of para-hydroxylation sites is 1. The van der Waals surface area contributed by atoms with Gasteiger partial charge in [0.25, 0.3) is 0 Å². The van der Waals surface area contributed by atoms with Gasteiger partial charge in [0.15, 0.2) is 0 Å². The zero-order valence-electron chi connectivity index (χ0n) is 16.4. The van der Waals surface area contributed by atoms with E-state index >= 15 is 0 Å². The molecule has 4 aromatic rings. The number of rotatable bonds is 3. The van der Waals surface area contributed by atoms with Crippen molar-refractivity contribution in [3.8, 4) is 38.6 Å². The molecule has 0 aliphatic heterocycles. The maximum absolute atomic E-state index is 10.4. The molecule has 0 saturated heterocycles. The van der Waals surface area contributed by atoms with E-state index in [2.05, 4.69) is 69.3 Å². The minimum Gasteiger partial charge on any atom is -0.507 e. The van der Waals surface area contributed by atoms with Crippen LogP contribution in [0.25, 0.3) is 32.8 Å². The second-order valence-corrected chi connectivity index (χ2v) is 8.47. The highest BCUT2D eigenvalue weighted by atomic mass is 31.0. The SMILES string of the molecule is Cc1cc(C)c(-c2cc(-c3ccccc3)cc(-c3ccccc3O)p2)c(C)c1. The lowest BCUT2D eigenvalue weighted by Crippen LogP contribution is -1.90. The van der Waals surface area contributed by atoms with Crippen molar-refractivity contribution in [2.75, 3.05) is 0 Å². The Morgan fingerprint density at radius 2 is 1.25 bits per heavy atom. The fourth-order valence-electron chi connectivity index (χ4n) is 3.87. The molecule has 0 fully saturated rings. The van der Waals surface area contributed by atoms with Gasteiger partial charge in [-0.2, -0.15) is 0 Å². The molecule has 1 nitrogen and oxygen atoms in total. The summed E-state index contributed by atoms with van der Waals surface area (Å²) in [5, 5.41) is 12.8. The molecular formula is C26H23OP. The summed E-state index contributed by atoms with van der Waals surface area (Å²) >= 11 is 0. The van der Waals surface area contributed by atoms with Gasteiger partial charge < -0.3 is 5.11 Å². The standard InChI is InChI=1S/C26H23OP/c1-17-13-18(2)26(19(3)14-17)25-16-21(20-9-5-4-6-10-20)15-24(28-25)22-11-7-8-12-23(22)27/h4-16,27H,1-3H3. The monoisotopic (exact) mass is 382 g/mol. The van der Waals surface area contributed by atoms with E-state index in [1.807, 2.05) is 24.3 Å². The van der Waals surface area contributed by atoms with E-state index < -0.39 is 0 Å². The van der Waals surface area contributed by atoms with Crippen LogP contribution in [0.1, 0.15) is 16.7 Å². The van der Waals surface area contributed by atoms with E-state index in [-0.39, 0.29) is 0 Å². The highest BCUT2D eigenvalue weighted by Crippen LogP contribution is 2.44. The number of hydrogen-bond acceptors (Lipinski definition) is 1. The second-order valence-electron chi connectivity index (χ2n) is 7.28. The maximum Gasteiger partial charge on any atom is 0.123 e. The van der Waals surface area contributed by atoms with Gasteiger partial charge >= 0.3 is 0 Å². The van der Waals surface area contributed by atoms with Gasteiger partial charge in [-0.05, 0) is 66.8 Å². The van der Waals surface area contributed by atoms with Crippen LogP contribution in [0.4, 0.5) is 0 Å². The molecule has 0 aliphatic carbocycles. The molecule has 0 aliphatic rings. The molecule has 0 unspecified atom stereocenters. The fourth-order valence-corrected chi connectivity index (χ4v) is 5.31. The van der Waals surface area contributed by atoms with Crippen molar-refractivity contribution in [3.05, 3.63) is 95.6 Å². The highest BCUT2D eigenvalue weighted by Gasteiger charge is 2.13. The number of aryl methyl sites for hydroxylation is 3. The van der Waals surface area contributed by atoms with E-state index in [0.29, 0.717) is 5.75 Å². The van der Waals surface area contributed by atoms with E-state index in [9.17, 15) is 5.11 Å². The minimum atomic E-state index is 0.326.